The van der Waals surface area contributed by atoms with Crippen molar-refractivity contribution in [2.24, 2.45) is 5.10 Å². The Morgan fingerprint density at radius 2 is 1.79 bits per heavy atom. The Kier molecular flexibility index (Phi) is 6.19. The Labute approximate surface area is 141 Å². The number of hydrogen-bond acceptors (Lipinski definition) is 5. The van der Waals surface area contributed by atoms with Crippen LogP contribution in [0.25, 0.3) is 0 Å². The Morgan fingerprint density at radius 3 is 2.46 bits per heavy atom. The quantitative estimate of drug-likeness (QED) is 0.606. The zero-order valence-corrected chi connectivity index (χ0v) is 14.0. The first kappa shape index (κ1) is 17.3. The van der Waals surface area contributed by atoms with Gasteiger partial charge in [-0.2, -0.15) is 5.10 Å². The molecule has 1 amide bonds. The van der Waals surface area contributed by atoms with E-state index in [9.17, 15) is 4.79 Å². The van der Waals surface area contributed by atoms with Crippen LogP contribution in [0.4, 0.5) is 5.69 Å². The van der Waals surface area contributed by atoms with E-state index in [1.54, 1.807) is 32.6 Å². The minimum absolute atomic E-state index is 0.145. The van der Waals surface area contributed by atoms with Crippen molar-refractivity contribution < 1.29 is 14.3 Å². The number of aryl methyl sites for hydroxylation is 1. The van der Waals surface area contributed by atoms with E-state index >= 15 is 0 Å². The van der Waals surface area contributed by atoms with E-state index in [4.69, 9.17) is 9.47 Å². The number of benzene rings is 2. The molecule has 0 aliphatic heterocycles. The number of carbonyl (C=O) groups excluding carboxylic acids is 1. The lowest BCUT2D eigenvalue weighted by atomic mass is 10.2. The lowest BCUT2D eigenvalue weighted by Gasteiger charge is -2.07. The molecular formula is C18H21N3O3. The van der Waals surface area contributed by atoms with Gasteiger partial charge in [0, 0.05) is 5.69 Å². The molecule has 6 heteroatoms. The highest BCUT2D eigenvalue weighted by molar-refractivity contribution is 5.84. The molecule has 0 saturated heterocycles. The number of carbonyl (C=O) groups is 1. The molecule has 0 unspecified atom stereocenters. The maximum Gasteiger partial charge on any atom is 0.259 e. The van der Waals surface area contributed by atoms with Crippen molar-refractivity contribution in [1.82, 2.24) is 5.43 Å². The molecule has 0 aliphatic carbocycles. The molecule has 0 spiro atoms. The number of ether oxygens (including phenoxy) is 2. The highest BCUT2D eigenvalue weighted by atomic mass is 16.5. The molecular weight excluding hydrogens is 306 g/mol. The summed E-state index contributed by atoms with van der Waals surface area (Å²) in [5.41, 5.74) is 5.33. The fourth-order valence-corrected chi connectivity index (χ4v) is 2.01. The molecule has 0 radical (unpaired) electrons. The summed E-state index contributed by atoms with van der Waals surface area (Å²) in [6, 6.07) is 13.2. The van der Waals surface area contributed by atoms with E-state index in [2.05, 4.69) is 15.8 Å². The smallest absolute Gasteiger partial charge is 0.259 e. The van der Waals surface area contributed by atoms with E-state index in [0.29, 0.717) is 11.5 Å². The normalized spacial score (nSPS) is 10.5. The van der Waals surface area contributed by atoms with Gasteiger partial charge in [-0.15, -0.1) is 0 Å². The standard InChI is InChI=1S/C18H21N3O3/c1-13-4-7-15(8-5-13)19-12-18(22)21-20-11-14-6-9-16(23-2)17(10-14)24-3/h4-11,19H,12H2,1-3H3,(H,21,22)/b20-11+. The second-order valence-corrected chi connectivity index (χ2v) is 5.13. The minimum Gasteiger partial charge on any atom is -0.493 e. The van der Waals surface area contributed by atoms with Crippen LogP contribution in [0.2, 0.25) is 0 Å². The van der Waals surface area contributed by atoms with Crippen molar-refractivity contribution in [2.75, 3.05) is 26.1 Å². The van der Waals surface area contributed by atoms with Crippen LogP contribution in [0.1, 0.15) is 11.1 Å². The van der Waals surface area contributed by atoms with Gasteiger partial charge in [-0.3, -0.25) is 4.79 Å². The number of rotatable bonds is 7. The Morgan fingerprint density at radius 1 is 1.08 bits per heavy atom. The van der Waals surface area contributed by atoms with E-state index < -0.39 is 0 Å². The van der Waals surface area contributed by atoms with E-state index in [-0.39, 0.29) is 12.5 Å². The fourth-order valence-electron chi connectivity index (χ4n) is 2.01. The molecule has 2 aromatic carbocycles. The highest BCUT2D eigenvalue weighted by Gasteiger charge is 2.03. The second kappa shape index (κ2) is 8.57. The lowest BCUT2D eigenvalue weighted by molar-refractivity contribution is -0.119. The number of methoxy groups -OCH3 is 2. The van der Waals surface area contributed by atoms with Gasteiger partial charge in [-0.05, 0) is 42.8 Å². The molecule has 126 valence electrons. The maximum absolute atomic E-state index is 11.8. The number of anilines is 1. The summed E-state index contributed by atoms with van der Waals surface area (Å²) in [5, 5.41) is 6.97. The average Bonchev–Trinajstić information content (AvgIpc) is 2.61. The molecule has 0 heterocycles. The third-order valence-corrected chi connectivity index (χ3v) is 3.32. The van der Waals surface area contributed by atoms with Gasteiger partial charge in [-0.1, -0.05) is 17.7 Å². The first-order chi connectivity index (χ1) is 11.6. The molecule has 2 N–H and O–H groups in total. The van der Waals surface area contributed by atoms with Crippen molar-refractivity contribution >= 4 is 17.8 Å². The van der Waals surface area contributed by atoms with Gasteiger partial charge in [0.05, 0.1) is 27.0 Å². The maximum atomic E-state index is 11.8. The lowest BCUT2D eigenvalue weighted by Crippen LogP contribution is -2.25. The van der Waals surface area contributed by atoms with Crippen molar-refractivity contribution in [3.05, 3.63) is 53.6 Å². The first-order valence-electron chi connectivity index (χ1n) is 7.47. The molecule has 0 atom stereocenters. The first-order valence-corrected chi connectivity index (χ1v) is 7.47. The van der Waals surface area contributed by atoms with Crippen molar-refractivity contribution in [1.29, 1.82) is 0 Å². The summed E-state index contributed by atoms with van der Waals surface area (Å²) >= 11 is 0. The number of nitrogens with zero attached hydrogens (tertiary/aromatic N) is 1. The van der Waals surface area contributed by atoms with Crippen molar-refractivity contribution in [3.63, 3.8) is 0 Å². The number of hydrogen-bond donors (Lipinski definition) is 2. The van der Waals surface area contributed by atoms with Gasteiger partial charge >= 0.3 is 0 Å². The van der Waals surface area contributed by atoms with E-state index in [1.807, 2.05) is 37.3 Å². The summed E-state index contributed by atoms with van der Waals surface area (Å²) in [7, 11) is 3.14. The molecule has 2 rings (SSSR count). The molecule has 0 aromatic heterocycles. The van der Waals surface area contributed by atoms with Gasteiger partial charge < -0.3 is 14.8 Å². The van der Waals surface area contributed by atoms with Crippen molar-refractivity contribution in [2.45, 2.75) is 6.92 Å². The third-order valence-electron chi connectivity index (χ3n) is 3.32. The summed E-state index contributed by atoms with van der Waals surface area (Å²) in [6.45, 7) is 2.16. The SMILES string of the molecule is COc1ccc(/C=N/NC(=O)CNc2ccc(C)cc2)cc1OC. The Balaban J connectivity index is 1.84. The number of nitrogens with one attached hydrogen (secondary N) is 2. The Hall–Kier alpha value is -3.02. The molecule has 2 aromatic rings. The third kappa shape index (κ3) is 5.01. The molecule has 0 aliphatic rings. The molecule has 6 nitrogen and oxygen atoms in total. The summed E-state index contributed by atoms with van der Waals surface area (Å²) in [4.78, 5) is 11.8. The fraction of sp³-hybridized carbons (Fsp3) is 0.222. The van der Waals surface area contributed by atoms with Crippen LogP contribution < -0.4 is 20.2 Å². The van der Waals surface area contributed by atoms with Gasteiger partial charge in [0.1, 0.15) is 0 Å². The monoisotopic (exact) mass is 327 g/mol. The van der Waals surface area contributed by atoms with Gasteiger partial charge in [-0.25, -0.2) is 5.43 Å². The van der Waals surface area contributed by atoms with E-state index in [1.165, 1.54) is 5.56 Å². The minimum atomic E-state index is -0.229. The second-order valence-electron chi connectivity index (χ2n) is 5.13. The average molecular weight is 327 g/mol. The topological polar surface area (TPSA) is 72.0 Å². The van der Waals surface area contributed by atoms with Crippen LogP contribution >= 0.6 is 0 Å². The van der Waals surface area contributed by atoms with Crippen molar-refractivity contribution in [3.8, 4) is 11.5 Å². The van der Waals surface area contributed by atoms with Crippen LogP contribution in [-0.2, 0) is 4.79 Å². The van der Waals surface area contributed by atoms with Gasteiger partial charge in [0.15, 0.2) is 11.5 Å². The predicted molar refractivity (Wildman–Crippen MR) is 95.0 cm³/mol. The van der Waals surface area contributed by atoms with Crippen LogP contribution in [-0.4, -0.2) is 32.9 Å². The highest BCUT2D eigenvalue weighted by Crippen LogP contribution is 2.26. The summed E-state index contributed by atoms with van der Waals surface area (Å²) in [6.07, 6.45) is 1.55. The van der Waals surface area contributed by atoms with Crippen LogP contribution in [0.3, 0.4) is 0 Å². The summed E-state index contributed by atoms with van der Waals surface area (Å²) < 4.78 is 10.4. The Bertz CT molecular complexity index is 712. The summed E-state index contributed by atoms with van der Waals surface area (Å²) in [5.74, 6) is 1.02. The van der Waals surface area contributed by atoms with Crippen LogP contribution in [0.5, 0.6) is 11.5 Å². The molecule has 24 heavy (non-hydrogen) atoms. The predicted octanol–water partition coefficient (Wildman–Crippen LogP) is 2.57. The van der Waals surface area contributed by atoms with Gasteiger partial charge in [0.25, 0.3) is 5.91 Å². The van der Waals surface area contributed by atoms with E-state index in [0.717, 1.165) is 11.3 Å². The van der Waals surface area contributed by atoms with Crippen LogP contribution in [0, 0.1) is 6.92 Å². The van der Waals surface area contributed by atoms with Crippen LogP contribution in [0.15, 0.2) is 47.6 Å². The molecule has 0 fully saturated rings. The number of amides is 1. The zero-order valence-electron chi connectivity index (χ0n) is 14.0. The molecule has 0 saturated carbocycles. The number of hydrazone groups is 1. The zero-order chi connectivity index (χ0) is 17.4. The largest absolute Gasteiger partial charge is 0.493 e. The molecule has 0 bridgehead atoms. The van der Waals surface area contributed by atoms with Gasteiger partial charge in [0.2, 0.25) is 0 Å².